The minimum Gasteiger partial charge on any atom is -0.467 e. The Bertz CT molecular complexity index is 600. The molecule has 0 amide bonds. The molecule has 0 aliphatic heterocycles. The van der Waals surface area contributed by atoms with Crippen LogP contribution in [0.15, 0.2) is 42.7 Å². The van der Waals surface area contributed by atoms with Crippen LogP contribution in [0, 0.1) is 0 Å². The molecule has 0 saturated heterocycles. The number of carbonyl (C=O) groups excluding carboxylic acids is 1. The van der Waals surface area contributed by atoms with Crippen molar-refractivity contribution in [1.29, 1.82) is 0 Å². The SMILES string of the molecule is CNC(CCn1cc(Cl)cn1)(C(=O)OC)c1ccccc1. The van der Waals surface area contributed by atoms with Gasteiger partial charge in [-0.3, -0.25) is 4.68 Å². The molecule has 0 radical (unpaired) electrons. The van der Waals surface area contributed by atoms with Crippen molar-refractivity contribution < 1.29 is 9.53 Å². The topological polar surface area (TPSA) is 56.2 Å². The van der Waals surface area contributed by atoms with E-state index < -0.39 is 5.54 Å². The minimum absolute atomic E-state index is 0.325. The van der Waals surface area contributed by atoms with Crippen LogP contribution in [-0.4, -0.2) is 29.9 Å². The molecule has 1 aromatic carbocycles. The summed E-state index contributed by atoms with van der Waals surface area (Å²) in [5.41, 5.74) is -0.0494. The van der Waals surface area contributed by atoms with Crippen LogP contribution >= 0.6 is 11.6 Å². The van der Waals surface area contributed by atoms with Gasteiger partial charge in [-0.15, -0.1) is 0 Å². The Morgan fingerprint density at radius 3 is 2.67 bits per heavy atom. The number of benzene rings is 1. The van der Waals surface area contributed by atoms with Gasteiger partial charge in [-0.25, -0.2) is 4.79 Å². The molecule has 0 aliphatic rings. The molecule has 1 aromatic heterocycles. The lowest BCUT2D eigenvalue weighted by atomic mass is 9.86. The fraction of sp³-hybridized carbons (Fsp3) is 0.333. The number of nitrogens with zero attached hydrogens (tertiary/aromatic N) is 2. The number of nitrogens with one attached hydrogen (secondary N) is 1. The Hall–Kier alpha value is -1.85. The first kappa shape index (κ1) is 15.5. The minimum atomic E-state index is -0.908. The number of aryl methyl sites for hydroxylation is 1. The summed E-state index contributed by atoms with van der Waals surface area (Å²) in [5.74, 6) is -0.325. The molecular formula is C15H18ClN3O2. The molecule has 6 heteroatoms. The predicted molar refractivity (Wildman–Crippen MR) is 81.0 cm³/mol. The molecule has 0 fully saturated rings. The number of rotatable bonds is 6. The summed E-state index contributed by atoms with van der Waals surface area (Å²) in [6, 6.07) is 9.52. The zero-order valence-electron chi connectivity index (χ0n) is 12.0. The number of hydrogen-bond donors (Lipinski definition) is 1. The van der Waals surface area contributed by atoms with Crippen LogP contribution < -0.4 is 5.32 Å². The average molecular weight is 308 g/mol. The molecule has 0 spiro atoms. The average Bonchev–Trinajstić information content (AvgIpc) is 2.94. The monoisotopic (exact) mass is 307 g/mol. The van der Waals surface area contributed by atoms with E-state index in [2.05, 4.69) is 10.4 Å². The van der Waals surface area contributed by atoms with E-state index in [1.165, 1.54) is 7.11 Å². The standard InChI is InChI=1S/C15H18ClN3O2/c1-17-15(14(20)21-2,12-6-4-3-5-7-12)8-9-19-11-13(16)10-18-19/h3-7,10-11,17H,8-9H2,1-2H3. The van der Waals surface area contributed by atoms with Crippen molar-refractivity contribution in [3.05, 3.63) is 53.3 Å². The summed E-state index contributed by atoms with van der Waals surface area (Å²) in [6.45, 7) is 0.539. The number of hydrogen-bond acceptors (Lipinski definition) is 4. The first-order chi connectivity index (χ1) is 10.1. The van der Waals surface area contributed by atoms with E-state index in [1.54, 1.807) is 24.1 Å². The highest BCUT2D eigenvalue weighted by Crippen LogP contribution is 2.27. The van der Waals surface area contributed by atoms with Gasteiger partial charge in [0, 0.05) is 19.2 Å². The number of ether oxygens (including phenoxy) is 1. The molecule has 0 aliphatic carbocycles. The van der Waals surface area contributed by atoms with Gasteiger partial charge < -0.3 is 10.1 Å². The van der Waals surface area contributed by atoms with Gasteiger partial charge in [0.05, 0.1) is 18.3 Å². The van der Waals surface area contributed by atoms with Crippen LogP contribution in [0.3, 0.4) is 0 Å². The Morgan fingerprint density at radius 1 is 1.43 bits per heavy atom. The smallest absolute Gasteiger partial charge is 0.330 e. The van der Waals surface area contributed by atoms with E-state index >= 15 is 0 Å². The quantitative estimate of drug-likeness (QED) is 0.831. The normalized spacial score (nSPS) is 13.7. The molecule has 2 rings (SSSR count). The van der Waals surface area contributed by atoms with Gasteiger partial charge in [-0.05, 0) is 12.6 Å². The second-order valence-electron chi connectivity index (χ2n) is 4.68. The second-order valence-corrected chi connectivity index (χ2v) is 5.12. The van der Waals surface area contributed by atoms with E-state index in [9.17, 15) is 4.79 Å². The predicted octanol–water partition coefficient (Wildman–Crippen LogP) is 2.21. The zero-order chi connectivity index (χ0) is 15.3. The first-order valence-electron chi connectivity index (χ1n) is 6.63. The third kappa shape index (κ3) is 3.25. The molecule has 1 unspecified atom stereocenters. The molecule has 1 heterocycles. The van der Waals surface area contributed by atoms with Crippen LogP contribution in [0.4, 0.5) is 0 Å². The Morgan fingerprint density at radius 2 is 2.14 bits per heavy atom. The molecule has 0 saturated carbocycles. The fourth-order valence-corrected chi connectivity index (χ4v) is 2.53. The molecule has 1 atom stereocenters. The highest BCUT2D eigenvalue weighted by atomic mass is 35.5. The van der Waals surface area contributed by atoms with E-state index in [-0.39, 0.29) is 5.97 Å². The number of carbonyl (C=O) groups is 1. The van der Waals surface area contributed by atoms with Crippen LogP contribution in [0.5, 0.6) is 0 Å². The fourth-order valence-electron chi connectivity index (χ4n) is 2.38. The zero-order valence-corrected chi connectivity index (χ0v) is 12.8. The van der Waals surface area contributed by atoms with Crippen LogP contribution in [0.2, 0.25) is 5.02 Å². The maximum absolute atomic E-state index is 12.4. The number of halogens is 1. The summed E-state index contributed by atoms with van der Waals surface area (Å²) in [6.07, 6.45) is 3.80. The summed E-state index contributed by atoms with van der Waals surface area (Å²) in [5, 5.41) is 7.82. The van der Waals surface area contributed by atoms with Crippen molar-refractivity contribution in [2.45, 2.75) is 18.5 Å². The second kappa shape index (κ2) is 6.74. The number of aromatic nitrogens is 2. The van der Waals surface area contributed by atoms with Crippen molar-refractivity contribution in [3.8, 4) is 0 Å². The summed E-state index contributed by atoms with van der Waals surface area (Å²) >= 11 is 5.86. The lowest BCUT2D eigenvalue weighted by Crippen LogP contribution is -2.48. The third-order valence-electron chi connectivity index (χ3n) is 3.54. The summed E-state index contributed by atoms with van der Waals surface area (Å²) in [7, 11) is 3.14. The molecule has 0 bridgehead atoms. The summed E-state index contributed by atoms with van der Waals surface area (Å²) in [4.78, 5) is 12.4. The van der Waals surface area contributed by atoms with Gasteiger partial charge in [0.25, 0.3) is 0 Å². The van der Waals surface area contributed by atoms with Crippen LogP contribution in [0.1, 0.15) is 12.0 Å². The highest BCUT2D eigenvalue weighted by molar-refractivity contribution is 6.30. The van der Waals surface area contributed by atoms with Crippen LogP contribution in [-0.2, 0) is 21.6 Å². The number of methoxy groups -OCH3 is 1. The third-order valence-corrected chi connectivity index (χ3v) is 3.74. The molecule has 2 aromatic rings. The van der Waals surface area contributed by atoms with Crippen molar-refractivity contribution in [3.63, 3.8) is 0 Å². The van der Waals surface area contributed by atoms with E-state index in [0.717, 1.165) is 5.56 Å². The maximum Gasteiger partial charge on any atom is 0.330 e. The Balaban J connectivity index is 2.29. The van der Waals surface area contributed by atoms with E-state index in [0.29, 0.717) is 18.0 Å². The molecule has 112 valence electrons. The summed E-state index contributed by atoms with van der Waals surface area (Å²) < 4.78 is 6.71. The van der Waals surface area contributed by atoms with Crippen molar-refractivity contribution >= 4 is 17.6 Å². The maximum atomic E-state index is 12.4. The van der Waals surface area contributed by atoms with Gasteiger partial charge in [0.1, 0.15) is 5.54 Å². The molecule has 5 nitrogen and oxygen atoms in total. The van der Waals surface area contributed by atoms with Gasteiger partial charge in [0.15, 0.2) is 0 Å². The van der Waals surface area contributed by atoms with E-state index in [4.69, 9.17) is 16.3 Å². The Kier molecular flexibility index (Phi) is 4.98. The number of likely N-dealkylation sites (N-methyl/N-ethyl adjacent to an activating group) is 1. The first-order valence-corrected chi connectivity index (χ1v) is 7.01. The van der Waals surface area contributed by atoms with Gasteiger partial charge in [0.2, 0.25) is 0 Å². The lowest BCUT2D eigenvalue weighted by molar-refractivity contribution is -0.149. The van der Waals surface area contributed by atoms with E-state index in [1.807, 2.05) is 30.3 Å². The molecule has 1 N–H and O–H groups in total. The molecular weight excluding hydrogens is 290 g/mol. The van der Waals surface area contributed by atoms with Gasteiger partial charge in [-0.2, -0.15) is 5.10 Å². The van der Waals surface area contributed by atoms with Gasteiger partial charge in [-0.1, -0.05) is 41.9 Å². The van der Waals surface area contributed by atoms with Crippen LogP contribution in [0.25, 0.3) is 0 Å². The number of esters is 1. The van der Waals surface area contributed by atoms with Gasteiger partial charge >= 0.3 is 5.97 Å². The highest BCUT2D eigenvalue weighted by Gasteiger charge is 2.39. The van der Waals surface area contributed by atoms with Crippen molar-refractivity contribution in [2.24, 2.45) is 0 Å². The largest absolute Gasteiger partial charge is 0.467 e. The lowest BCUT2D eigenvalue weighted by Gasteiger charge is -2.31. The van der Waals surface area contributed by atoms with Crippen molar-refractivity contribution in [2.75, 3.05) is 14.2 Å². The Labute approximate surface area is 128 Å². The van der Waals surface area contributed by atoms with Crippen molar-refractivity contribution in [1.82, 2.24) is 15.1 Å². The molecule has 21 heavy (non-hydrogen) atoms.